The Labute approximate surface area is 184 Å². The summed E-state index contributed by atoms with van der Waals surface area (Å²) in [6, 6.07) is 13.1. The van der Waals surface area contributed by atoms with Gasteiger partial charge in [0.25, 0.3) is 5.91 Å². The van der Waals surface area contributed by atoms with Crippen LogP contribution in [0, 0.1) is 13.8 Å². The molecule has 0 unspecified atom stereocenters. The minimum absolute atomic E-state index is 0.193. The lowest BCUT2D eigenvalue weighted by molar-refractivity contribution is -0.118. The molecule has 0 fully saturated rings. The van der Waals surface area contributed by atoms with Gasteiger partial charge in [0.2, 0.25) is 0 Å². The normalized spacial score (nSPS) is 10.5. The number of hydrogen-bond acceptors (Lipinski definition) is 5. The van der Waals surface area contributed by atoms with Gasteiger partial charge >= 0.3 is 5.97 Å². The first-order chi connectivity index (χ1) is 14.4. The average molecular weight is 444 g/mol. The first kappa shape index (κ1) is 21.9. The Balaban J connectivity index is 1.78. The van der Waals surface area contributed by atoms with Gasteiger partial charge in [-0.05, 0) is 49.6 Å². The summed E-state index contributed by atoms with van der Waals surface area (Å²) < 4.78 is 10.8. The molecule has 0 saturated heterocycles. The highest BCUT2D eigenvalue weighted by atomic mass is 35.5. The zero-order chi connectivity index (χ0) is 21.7. The van der Waals surface area contributed by atoms with Gasteiger partial charge < -0.3 is 14.8 Å². The first-order valence-electron chi connectivity index (χ1n) is 9.44. The van der Waals surface area contributed by atoms with E-state index in [2.05, 4.69) is 5.32 Å². The van der Waals surface area contributed by atoms with Crippen molar-refractivity contribution in [3.63, 3.8) is 0 Å². The summed E-state index contributed by atoms with van der Waals surface area (Å²) in [5.74, 6) is -0.281. The van der Waals surface area contributed by atoms with Gasteiger partial charge in [-0.25, -0.2) is 4.79 Å². The third-order valence-electron chi connectivity index (χ3n) is 4.39. The molecule has 1 heterocycles. The van der Waals surface area contributed by atoms with E-state index < -0.39 is 5.97 Å². The fraction of sp³-hybridized carbons (Fsp3) is 0.217. The van der Waals surface area contributed by atoms with Crippen molar-refractivity contribution in [2.45, 2.75) is 20.8 Å². The van der Waals surface area contributed by atoms with Gasteiger partial charge in [0.15, 0.2) is 6.61 Å². The van der Waals surface area contributed by atoms with Crippen LogP contribution in [0.25, 0.3) is 11.1 Å². The van der Waals surface area contributed by atoms with E-state index in [1.165, 1.54) is 11.3 Å². The van der Waals surface area contributed by atoms with Crippen LogP contribution >= 0.6 is 22.9 Å². The summed E-state index contributed by atoms with van der Waals surface area (Å²) in [6.45, 7) is 5.56. The third kappa shape index (κ3) is 5.01. The van der Waals surface area contributed by atoms with Crippen LogP contribution in [0.2, 0.25) is 5.02 Å². The van der Waals surface area contributed by atoms with Crippen molar-refractivity contribution in [2.75, 3.05) is 18.5 Å². The molecule has 3 aromatic rings. The van der Waals surface area contributed by atoms with Crippen molar-refractivity contribution in [1.82, 2.24) is 0 Å². The standard InChI is InChI=1S/C23H22ClNO4S/c1-4-28-23(27)20-18(16-8-6-5-7-9-16)13-30-22(20)25-19(26)12-29-17-10-14(2)21(24)15(3)11-17/h5-11,13H,4,12H2,1-3H3,(H,25,26). The van der Waals surface area contributed by atoms with Crippen LogP contribution in [0.1, 0.15) is 28.4 Å². The third-order valence-corrected chi connectivity index (χ3v) is 5.88. The maximum absolute atomic E-state index is 12.6. The number of rotatable bonds is 7. The molecule has 1 aromatic heterocycles. The van der Waals surface area contributed by atoms with Crippen molar-refractivity contribution in [3.05, 3.63) is 69.6 Å². The molecule has 0 aliphatic heterocycles. The summed E-state index contributed by atoms with van der Waals surface area (Å²) >= 11 is 7.44. The summed E-state index contributed by atoms with van der Waals surface area (Å²) in [6.07, 6.45) is 0. The van der Waals surface area contributed by atoms with Crippen LogP contribution in [0.5, 0.6) is 5.75 Å². The summed E-state index contributed by atoms with van der Waals surface area (Å²) in [4.78, 5) is 25.1. The highest BCUT2D eigenvalue weighted by Crippen LogP contribution is 2.36. The molecular weight excluding hydrogens is 422 g/mol. The molecule has 0 saturated carbocycles. The fourth-order valence-corrected chi connectivity index (χ4v) is 4.07. The highest BCUT2D eigenvalue weighted by molar-refractivity contribution is 7.15. The minimum atomic E-state index is -0.474. The summed E-state index contributed by atoms with van der Waals surface area (Å²) in [5, 5.41) is 5.73. The molecule has 156 valence electrons. The van der Waals surface area contributed by atoms with Crippen LogP contribution in [-0.2, 0) is 9.53 Å². The molecule has 3 rings (SSSR count). The van der Waals surface area contributed by atoms with Gasteiger partial charge in [-0.1, -0.05) is 41.9 Å². The maximum Gasteiger partial charge on any atom is 0.341 e. The lowest BCUT2D eigenvalue weighted by atomic mass is 10.0. The number of ether oxygens (including phenoxy) is 2. The van der Waals surface area contributed by atoms with Gasteiger partial charge in [0.05, 0.1) is 6.61 Å². The predicted molar refractivity (Wildman–Crippen MR) is 121 cm³/mol. The van der Waals surface area contributed by atoms with E-state index in [0.717, 1.165) is 22.3 Å². The van der Waals surface area contributed by atoms with Crippen LogP contribution in [0.15, 0.2) is 47.8 Å². The second-order valence-corrected chi connectivity index (χ2v) is 7.91. The molecule has 0 bridgehead atoms. The Bertz CT molecular complexity index is 1040. The predicted octanol–water partition coefficient (Wildman–Crippen LogP) is 5.88. The Morgan fingerprint density at radius 2 is 1.77 bits per heavy atom. The van der Waals surface area contributed by atoms with E-state index in [4.69, 9.17) is 21.1 Å². The van der Waals surface area contributed by atoms with Gasteiger partial charge in [0, 0.05) is 16.0 Å². The number of hydrogen-bond donors (Lipinski definition) is 1. The van der Waals surface area contributed by atoms with Crippen molar-refractivity contribution in [3.8, 4) is 16.9 Å². The number of carbonyl (C=O) groups is 2. The summed E-state index contributed by atoms with van der Waals surface area (Å²) in [7, 11) is 0. The van der Waals surface area contributed by atoms with Gasteiger partial charge in [-0.2, -0.15) is 0 Å². The van der Waals surface area contributed by atoms with Crippen LogP contribution in [0.4, 0.5) is 5.00 Å². The second-order valence-electron chi connectivity index (χ2n) is 6.65. The number of nitrogens with one attached hydrogen (secondary N) is 1. The Kier molecular flexibility index (Phi) is 7.13. The number of amides is 1. The molecule has 7 heteroatoms. The number of esters is 1. The zero-order valence-corrected chi connectivity index (χ0v) is 18.5. The molecule has 1 N–H and O–H groups in total. The molecule has 30 heavy (non-hydrogen) atoms. The average Bonchev–Trinajstić information content (AvgIpc) is 3.14. The Morgan fingerprint density at radius 1 is 1.10 bits per heavy atom. The van der Waals surface area contributed by atoms with Crippen LogP contribution in [0.3, 0.4) is 0 Å². The van der Waals surface area contributed by atoms with E-state index in [0.29, 0.717) is 21.3 Å². The Hall–Kier alpha value is -2.83. The SMILES string of the molecule is CCOC(=O)c1c(-c2ccccc2)csc1NC(=O)COc1cc(C)c(Cl)c(C)c1. The van der Waals surface area contributed by atoms with Gasteiger partial charge in [-0.3, -0.25) is 4.79 Å². The molecule has 2 aromatic carbocycles. The molecule has 0 aliphatic rings. The number of benzene rings is 2. The highest BCUT2D eigenvalue weighted by Gasteiger charge is 2.22. The van der Waals surface area contributed by atoms with E-state index in [-0.39, 0.29) is 19.1 Å². The second kappa shape index (κ2) is 9.78. The number of aryl methyl sites for hydroxylation is 2. The molecular formula is C23H22ClNO4S. The number of carbonyl (C=O) groups excluding carboxylic acids is 2. The van der Waals surface area contributed by atoms with Crippen molar-refractivity contribution >= 4 is 39.8 Å². The van der Waals surface area contributed by atoms with Gasteiger partial charge in [0.1, 0.15) is 16.3 Å². The van der Waals surface area contributed by atoms with E-state index in [1.54, 1.807) is 19.1 Å². The van der Waals surface area contributed by atoms with E-state index in [1.807, 2.05) is 49.6 Å². The first-order valence-corrected chi connectivity index (χ1v) is 10.7. The Morgan fingerprint density at radius 3 is 2.40 bits per heavy atom. The van der Waals surface area contributed by atoms with Crippen LogP contribution in [-0.4, -0.2) is 25.1 Å². The summed E-state index contributed by atoms with van der Waals surface area (Å²) in [5.41, 5.74) is 3.70. The molecule has 0 radical (unpaired) electrons. The topological polar surface area (TPSA) is 64.6 Å². The van der Waals surface area contributed by atoms with Crippen molar-refractivity contribution in [2.24, 2.45) is 0 Å². The minimum Gasteiger partial charge on any atom is -0.484 e. The number of anilines is 1. The maximum atomic E-state index is 12.6. The largest absolute Gasteiger partial charge is 0.484 e. The molecule has 5 nitrogen and oxygen atoms in total. The zero-order valence-electron chi connectivity index (χ0n) is 17.0. The fourth-order valence-electron chi connectivity index (χ4n) is 2.99. The van der Waals surface area contributed by atoms with E-state index in [9.17, 15) is 9.59 Å². The number of thiophene rings is 1. The monoisotopic (exact) mass is 443 g/mol. The molecule has 0 aliphatic carbocycles. The lowest BCUT2D eigenvalue weighted by Gasteiger charge is -2.11. The lowest BCUT2D eigenvalue weighted by Crippen LogP contribution is -2.21. The van der Waals surface area contributed by atoms with E-state index >= 15 is 0 Å². The quantitative estimate of drug-likeness (QED) is 0.463. The van der Waals surface area contributed by atoms with Crippen LogP contribution < -0.4 is 10.1 Å². The van der Waals surface area contributed by atoms with Crippen molar-refractivity contribution < 1.29 is 19.1 Å². The molecule has 1 amide bonds. The number of halogens is 1. The van der Waals surface area contributed by atoms with Gasteiger partial charge in [-0.15, -0.1) is 11.3 Å². The smallest absolute Gasteiger partial charge is 0.341 e. The molecule has 0 atom stereocenters. The van der Waals surface area contributed by atoms with Crippen molar-refractivity contribution in [1.29, 1.82) is 0 Å². The molecule has 0 spiro atoms.